The summed E-state index contributed by atoms with van der Waals surface area (Å²) in [5.41, 5.74) is -0.225. The van der Waals surface area contributed by atoms with E-state index in [2.05, 4.69) is 15.5 Å². The average Bonchev–Trinajstić information content (AvgIpc) is 3.41. The van der Waals surface area contributed by atoms with Crippen molar-refractivity contribution >= 4 is 23.2 Å². The number of likely N-dealkylation sites (tertiary alicyclic amines) is 1. The number of amides is 1. The third-order valence-corrected chi connectivity index (χ3v) is 5.41. The van der Waals surface area contributed by atoms with E-state index >= 15 is 0 Å². The fourth-order valence-corrected chi connectivity index (χ4v) is 3.60. The zero-order valence-electron chi connectivity index (χ0n) is 16.2. The molecule has 0 saturated carbocycles. The number of hydrogen-bond donors (Lipinski definition) is 1. The molecule has 0 unspecified atom stereocenters. The van der Waals surface area contributed by atoms with Crippen molar-refractivity contribution < 1.29 is 26.8 Å². The minimum Gasteiger partial charge on any atom is -0.472 e. The number of nitrogens with zero attached hydrogens (tertiary/aromatic N) is 3. The molecule has 1 aliphatic rings. The second-order valence-electron chi connectivity index (χ2n) is 7.25. The minimum absolute atomic E-state index is 0.0450. The minimum atomic E-state index is -4.52. The van der Waals surface area contributed by atoms with Crippen molar-refractivity contribution in [2.45, 2.75) is 24.9 Å². The molecule has 1 amide bonds. The number of nitrogens with one attached hydrogen (secondary N) is 1. The average molecular weight is 455 g/mol. The van der Waals surface area contributed by atoms with Crippen LogP contribution in [-0.4, -0.2) is 40.6 Å². The summed E-state index contributed by atoms with van der Waals surface area (Å²) in [7, 11) is 0. The summed E-state index contributed by atoms with van der Waals surface area (Å²) in [4.78, 5) is 14.3. The first kappa shape index (κ1) is 21.4. The molecule has 3 aromatic rings. The Labute approximate surface area is 180 Å². The van der Waals surface area contributed by atoms with Crippen LogP contribution in [0, 0.1) is 0 Å². The van der Waals surface area contributed by atoms with Gasteiger partial charge in [-0.1, -0.05) is 11.6 Å². The molecule has 1 fully saturated rings. The number of hydrogen-bond acceptors (Lipinski definition) is 6. The van der Waals surface area contributed by atoms with Crippen LogP contribution in [0.4, 0.5) is 18.9 Å². The van der Waals surface area contributed by atoms with Gasteiger partial charge in [0.1, 0.15) is 6.26 Å². The zero-order valence-corrected chi connectivity index (χ0v) is 16.9. The van der Waals surface area contributed by atoms with Gasteiger partial charge in [-0.2, -0.15) is 13.2 Å². The number of piperidine rings is 1. The first-order valence-electron chi connectivity index (χ1n) is 9.54. The maximum Gasteiger partial charge on any atom is 0.416 e. The number of carbonyl (C=O) groups is 1. The Hall–Kier alpha value is -2.85. The van der Waals surface area contributed by atoms with Gasteiger partial charge in [0, 0.05) is 5.92 Å². The number of benzene rings is 1. The Balaban J connectivity index is 1.31. The van der Waals surface area contributed by atoms with E-state index in [1.165, 1.54) is 12.5 Å². The van der Waals surface area contributed by atoms with Gasteiger partial charge in [-0.25, -0.2) is 0 Å². The largest absolute Gasteiger partial charge is 0.472 e. The summed E-state index contributed by atoms with van der Waals surface area (Å²) in [6, 6.07) is 4.56. The monoisotopic (exact) mass is 454 g/mol. The molecule has 1 aromatic carbocycles. The van der Waals surface area contributed by atoms with Crippen LogP contribution in [0.5, 0.6) is 0 Å². The Kier molecular flexibility index (Phi) is 6.01. The van der Waals surface area contributed by atoms with Gasteiger partial charge in [0.25, 0.3) is 5.89 Å². The van der Waals surface area contributed by atoms with Gasteiger partial charge in [-0.3, -0.25) is 9.69 Å². The van der Waals surface area contributed by atoms with Gasteiger partial charge in [0.2, 0.25) is 11.8 Å². The van der Waals surface area contributed by atoms with E-state index < -0.39 is 17.6 Å². The standard InChI is InChI=1S/C20H18ClF3N4O3/c21-15-2-1-14(20(22,23)24)9-16(15)25-17(29)10-28-6-3-12(4-7-28)18-26-27-19(31-18)13-5-8-30-11-13/h1-2,5,8-9,11-12H,3-4,6-7,10H2,(H,25,29). The van der Waals surface area contributed by atoms with Crippen LogP contribution in [-0.2, 0) is 11.0 Å². The second kappa shape index (κ2) is 8.72. The van der Waals surface area contributed by atoms with Crippen LogP contribution in [0.25, 0.3) is 11.5 Å². The molecule has 1 saturated heterocycles. The third-order valence-electron chi connectivity index (χ3n) is 5.08. The molecule has 31 heavy (non-hydrogen) atoms. The fourth-order valence-electron chi connectivity index (χ4n) is 3.43. The second-order valence-corrected chi connectivity index (χ2v) is 7.66. The van der Waals surface area contributed by atoms with Crippen molar-refractivity contribution in [3.05, 3.63) is 53.3 Å². The Morgan fingerprint density at radius 1 is 1.23 bits per heavy atom. The van der Waals surface area contributed by atoms with E-state index in [-0.39, 0.29) is 23.2 Å². The van der Waals surface area contributed by atoms with Crippen molar-refractivity contribution in [3.63, 3.8) is 0 Å². The van der Waals surface area contributed by atoms with Crippen LogP contribution in [0.2, 0.25) is 5.02 Å². The smallest absolute Gasteiger partial charge is 0.416 e. The molecule has 0 spiro atoms. The molecule has 11 heteroatoms. The Morgan fingerprint density at radius 2 is 2.00 bits per heavy atom. The molecular weight excluding hydrogens is 437 g/mol. The molecule has 2 aromatic heterocycles. The van der Waals surface area contributed by atoms with Crippen LogP contribution in [0.3, 0.4) is 0 Å². The fraction of sp³-hybridized carbons (Fsp3) is 0.350. The number of alkyl halides is 3. The Bertz CT molecular complexity index is 1040. The normalized spacial score (nSPS) is 15.9. The zero-order chi connectivity index (χ0) is 22.0. The van der Waals surface area contributed by atoms with E-state index in [4.69, 9.17) is 20.4 Å². The first-order chi connectivity index (χ1) is 14.8. The van der Waals surface area contributed by atoms with E-state index in [9.17, 15) is 18.0 Å². The van der Waals surface area contributed by atoms with Gasteiger partial charge >= 0.3 is 6.18 Å². The number of aromatic nitrogens is 2. The molecule has 3 heterocycles. The topological polar surface area (TPSA) is 84.4 Å². The van der Waals surface area contributed by atoms with Crippen molar-refractivity contribution in [2.75, 3.05) is 25.0 Å². The summed E-state index contributed by atoms with van der Waals surface area (Å²) in [6.07, 6.45) is -0.0438. The predicted octanol–water partition coefficient (Wildman–Crippen LogP) is 4.82. The van der Waals surface area contributed by atoms with Gasteiger partial charge < -0.3 is 14.2 Å². The molecule has 0 aliphatic carbocycles. The van der Waals surface area contributed by atoms with Gasteiger partial charge in [0.05, 0.1) is 34.6 Å². The highest BCUT2D eigenvalue weighted by Crippen LogP contribution is 2.34. The summed E-state index contributed by atoms with van der Waals surface area (Å²) in [5, 5.41) is 10.7. The maximum absolute atomic E-state index is 12.9. The summed E-state index contributed by atoms with van der Waals surface area (Å²) in [6.45, 7) is 1.26. The van der Waals surface area contributed by atoms with E-state index in [0.717, 1.165) is 18.2 Å². The lowest BCUT2D eigenvalue weighted by Crippen LogP contribution is -2.38. The number of carbonyl (C=O) groups excluding carboxylic acids is 1. The summed E-state index contributed by atoms with van der Waals surface area (Å²) >= 11 is 5.93. The maximum atomic E-state index is 12.9. The molecule has 0 atom stereocenters. The van der Waals surface area contributed by atoms with Crippen molar-refractivity contribution in [2.24, 2.45) is 0 Å². The van der Waals surface area contributed by atoms with E-state index in [1.807, 2.05) is 4.90 Å². The summed E-state index contributed by atoms with van der Waals surface area (Å²) in [5.74, 6) is 0.574. The summed E-state index contributed by atoms with van der Waals surface area (Å²) < 4.78 is 49.4. The van der Waals surface area contributed by atoms with Crippen molar-refractivity contribution in [1.82, 2.24) is 15.1 Å². The highest BCUT2D eigenvalue weighted by Gasteiger charge is 2.31. The van der Waals surface area contributed by atoms with E-state index in [0.29, 0.717) is 43.3 Å². The van der Waals surface area contributed by atoms with E-state index in [1.54, 1.807) is 6.07 Å². The molecular formula is C20H18ClF3N4O3. The third kappa shape index (κ3) is 5.08. The number of halogens is 4. The molecule has 1 N–H and O–H groups in total. The number of anilines is 1. The molecule has 0 bridgehead atoms. The predicted molar refractivity (Wildman–Crippen MR) is 105 cm³/mol. The van der Waals surface area contributed by atoms with Gasteiger partial charge in [-0.15, -0.1) is 10.2 Å². The van der Waals surface area contributed by atoms with Crippen molar-refractivity contribution in [1.29, 1.82) is 0 Å². The lowest BCUT2D eigenvalue weighted by atomic mass is 9.97. The lowest BCUT2D eigenvalue weighted by Gasteiger charge is -2.29. The number of furan rings is 1. The first-order valence-corrected chi connectivity index (χ1v) is 9.92. The molecule has 7 nitrogen and oxygen atoms in total. The van der Waals surface area contributed by atoms with Crippen LogP contribution < -0.4 is 5.32 Å². The molecule has 1 aliphatic heterocycles. The quantitative estimate of drug-likeness (QED) is 0.595. The van der Waals surface area contributed by atoms with Crippen LogP contribution >= 0.6 is 11.6 Å². The van der Waals surface area contributed by atoms with Crippen molar-refractivity contribution in [3.8, 4) is 11.5 Å². The number of rotatable bonds is 5. The molecule has 164 valence electrons. The van der Waals surface area contributed by atoms with Gasteiger partial charge in [0.15, 0.2) is 0 Å². The SMILES string of the molecule is O=C(CN1CCC(c2nnc(-c3ccoc3)o2)CC1)Nc1cc(C(F)(F)F)ccc1Cl. The lowest BCUT2D eigenvalue weighted by molar-refractivity contribution is -0.137. The Morgan fingerprint density at radius 3 is 2.68 bits per heavy atom. The van der Waals surface area contributed by atoms with Gasteiger partial charge in [-0.05, 0) is 50.2 Å². The molecule has 4 rings (SSSR count). The van der Waals surface area contributed by atoms with Crippen LogP contribution in [0.1, 0.15) is 30.2 Å². The highest BCUT2D eigenvalue weighted by molar-refractivity contribution is 6.33. The van der Waals surface area contributed by atoms with Crippen LogP contribution in [0.15, 0.2) is 45.6 Å². The molecule has 0 radical (unpaired) electrons. The highest BCUT2D eigenvalue weighted by atomic mass is 35.5.